The summed E-state index contributed by atoms with van der Waals surface area (Å²) in [5.41, 5.74) is 11.0. The Kier molecular flexibility index (Phi) is 8.81. The van der Waals surface area contributed by atoms with Gasteiger partial charge in [-0.3, -0.25) is 4.79 Å². The largest absolute Gasteiger partial charge is 0.481 e. The summed E-state index contributed by atoms with van der Waals surface area (Å²) in [4.78, 5) is 11.9. The van der Waals surface area contributed by atoms with Crippen molar-refractivity contribution in [2.24, 2.45) is 5.92 Å². The van der Waals surface area contributed by atoms with Crippen LogP contribution in [0, 0.1) is 26.7 Å². The summed E-state index contributed by atoms with van der Waals surface area (Å²) in [5, 5.41) is 18.3. The van der Waals surface area contributed by atoms with Crippen LogP contribution in [0.2, 0.25) is 0 Å². The lowest BCUT2D eigenvalue weighted by Crippen LogP contribution is -2.31. The normalized spacial score (nSPS) is 14.6. The van der Waals surface area contributed by atoms with E-state index in [0.29, 0.717) is 5.92 Å². The minimum absolute atomic E-state index is 0.0133. The number of hydrogen-bond donors (Lipinski definition) is 2. The Hall–Kier alpha value is -2.76. The molecule has 0 aromatic heterocycles. The quantitative estimate of drug-likeness (QED) is 0.333. The first-order valence-electron chi connectivity index (χ1n) is 12.9. The maximum Gasteiger partial charge on any atom is 0.307 e. The van der Waals surface area contributed by atoms with Gasteiger partial charge in [0.15, 0.2) is 0 Å². The average molecular weight is 520 g/mol. The zero-order valence-corrected chi connectivity index (χ0v) is 24.5. The smallest absolute Gasteiger partial charge is 0.307 e. The molecule has 1 atom stereocenters. The number of nitrogens with zero attached hydrogens (tertiary/aromatic N) is 1. The molecule has 0 fully saturated rings. The molecule has 1 heterocycles. The number of rotatable bonds is 5. The standard InChI is InChI=1S/C28H31NO2S.C4H10O/c1-16(2)27-22-10-8-7-9-21(22)26-19(5)25(20-13-11-17(3)12-14-20)23(15-24(30)31)18(4)28(26)29(27)32-6;1-4(2,3)5/h7-14,16,27H,15H2,1-6H3,(H,30,31);5H,1-3H3. The van der Waals surface area contributed by atoms with Gasteiger partial charge in [0.25, 0.3) is 0 Å². The molecule has 4 nitrogen and oxygen atoms in total. The van der Waals surface area contributed by atoms with Gasteiger partial charge < -0.3 is 14.5 Å². The Labute approximate surface area is 226 Å². The summed E-state index contributed by atoms with van der Waals surface area (Å²) < 4.78 is 2.41. The van der Waals surface area contributed by atoms with Gasteiger partial charge in [-0.05, 0) is 86.4 Å². The molecular formula is C32H41NO3S. The molecule has 3 aromatic rings. The number of aliphatic carboxylic acids is 1. The van der Waals surface area contributed by atoms with Gasteiger partial charge in [0.2, 0.25) is 0 Å². The van der Waals surface area contributed by atoms with Crippen LogP contribution >= 0.6 is 11.9 Å². The van der Waals surface area contributed by atoms with Crippen LogP contribution in [0.15, 0.2) is 48.5 Å². The molecule has 0 radical (unpaired) electrons. The van der Waals surface area contributed by atoms with Crippen LogP contribution < -0.4 is 4.31 Å². The maximum absolute atomic E-state index is 11.9. The summed E-state index contributed by atoms with van der Waals surface area (Å²) in [6.07, 6.45) is 2.13. The van der Waals surface area contributed by atoms with Crippen LogP contribution in [0.5, 0.6) is 0 Å². The molecule has 1 aliphatic rings. The molecule has 0 spiro atoms. The van der Waals surface area contributed by atoms with Crippen LogP contribution in [-0.2, 0) is 11.2 Å². The summed E-state index contributed by atoms with van der Waals surface area (Å²) in [7, 11) is 0. The van der Waals surface area contributed by atoms with Crippen molar-refractivity contribution in [3.05, 3.63) is 76.3 Å². The minimum atomic E-state index is -0.798. The highest BCUT2D eigenvalue weighted by atomic mass is 32.2. The number of carboxylic acid groups (broad SMARTS) is 1. The molecule has 0 saturated heterocycles. The van der Waals surface area contributed by atoms with Crippen molar-refractivity contribution in [2.75, 3.05) is 10.6 Å². The van der Waals surface area contributed by atoms with Gasteiger partial charge in [0.05, 0.1) is 23.8 Å². The third-order valence-corrected chi connectivity index (χ3v) is 7.42. The van der Waals surface area contributed by atoms with E-state index in [-0.39, 0.29) is 12.5 Å². The number of anilines is 1. The van der Waals surface area contributed by atoms with E-state index in [1.165, 1.54) is 27.9 Å². The number of carboxylic acids is 1. The van der Waals surface area contributed by atoms with E-state index in [9.17, 15) is 9.90 Å². The molecule has 1 aliphatic heterocycles. The Morgan fingerprint density at radius 3 is 2.05 bits per heavy atom. The Balaban J connectivity index is 0.000000695. The summed E-state index contributed by atoms with van der Waals surface area (Å²) in [6.45, 7) is 16.1. The van der Waals surface area contributed by atoms with E-state index < -0.39 is 11.6 Å². The number of carbonyl (C=O) groups is 1. The Morgan fingerprint density at radius 1 is 0.973 bits per heavy atom. The first-order chi connectivity index (χ1) is 17.3. The predicted molar refractivity (Wildman–Crippen MR) is 158 cm³/mol. The highest BCUT2D eigenvalue weighted by molar-refractivity contribution is 8.00. The fourth-order valence-corrected chi connectivity index (χ4v) is 6.21. The second-order valence-electron chi connectivity index (χ2n) is 11.2. The third kappa shape index (κ3) is 6.22. The number of hydrogen-bond acceptors (Lipinski definition) is 4. The fraction of sp³-hybridized carbons (Fsp3) is 0.406. The number of fused-ring (bicyclic) bond motifs is 3. The molecule has 37 heavy (non-hydrogen) atoms. The topological polar surface area (TPSA) is 60.8 Å². The maximum atomic E-state index is 11.9. The molecule has 2 N–H and O–H groups in total. The van der Waals surface area contributed by atoms with Gasteiger partial charge in [0, 0.05) is 11.8 Å². The molecule has 0 saturated carbocycles. The van der Waals surface area contributed by atoms with E-state index in [0.717, 1.165) is 27.8 Å². The predicted octanol–water partition coefficient (Wildman–Crippen LogP) is 8.15. The van der Waals surface area contributed by atoms with Crippen molar-refractivity contribution in [1.29, 1.82) is 0 Å². The molecule has 1 unspecified atom stereocenters. The van der Waals surface area contributed by atoms with E-state index in [2.05, 4.69) is 93.7 Å². The van der Waals surface area contributed by atoms with Crippen LogP contribution in [0.3, 0.4) is 0 Å². The molecular weight excluding hydrogens is 478 g/mol. The molecule has 198 valence electrons. The molecule has 5 heteroatoms. The fourth-order valence-electron chi connectivity index (χ4n) is 5.22. The Bertz CT molecular complexity index is 1270. The molecule has 0 amide bonds. The van der Waals surface area contributed by atoms with E-state index in [4.69, 9.17) is 5.11 Å². The van der Waals surface area contributed by atoms with Crippen molar-refractivity contribution < 1.29 is 15.0 Å². The average Bonchev–Trinajstić information content (AvgIpc) is 2.80. The number of aryl methyl sites for hydroxylation is 1. The van der Waals surface area contributed by atoms with Crippen molar-refractivity contribution in [1.82, 2.24) is 0 Å². The van der Waals surface area contributed by atoms with Crippen molar-refractivity contribution in [2.45, 2.75) is 73.5 Å². The number of aliphatic hydroxyl groups is 1. The Morgan fingerprint density at radius 2 is 1.54 bits per heavy atom. The summed E-state index contributed by atoms with van der Waals surface area (Å²) in [5.74, 6) is -0.385. The van der Waals surface area contributed by atoms with Crippen LogP contribution in [0.25, 0.3) is 22.3 Å². The van der Waals surface area contributed by atoms with Gasteiger partial charge >= 0.3 is 5.97 Å². The monoisotopic (exact) mass is 519 g/mol. The van der Waals surface area contributed by atoms with Crippen molar-refractivity contribution >= 4 is 23.6 Å². The summed E-state index contributed by atoms with van der Waals surface area (Å²) in [6, 6.07) is 17.4. The van der Waals surface area contributed by atoms with Crippen molar-refractivity contribution in [3.63, 3.8) is 0 Å². The lowest BCUT2D eigenvalue weighted by molar-refractivity contribution is -0.136. The first-order valence-corrected chi connectivity index (χ1v) is 14.0. The molecule has 0 aliphatic carbocycles. The van der Waals surface area contributed by atoms with Crippen LogP contribution in [0.1, 0.15) is 68.5 Å². The zero-order chi connectivity index (χ0) is 27.7. The van der Waals surface area contributed by atoms with Gasteiger partial charge in [-0.15, -0.1) is 0 Å². The number of benzene rings is 3. The lowest BCUT2D eigenvalue weighted by Gasteiger charge is -2.43. The van der Waals surface area contributed by atoms with E-state index in [1.807, 2.05) is 0 Å². The first kappa shape index (κ1) is 28.8. The van der Waals surface area contributed by atoms with E-state index in [1.54, 1.807) is 32.7 Å². The van der Waals surface area contributed by atoms with Crippen LogP contribution in [-0.4, -0.2) is 28.0 Å². The van der Waals surface area contributed by atoms with Gasteiger partial charge in [-0.25, -0.2) is 0 Å². The second kappa shape index (κ2) is 11.3. The third-order valence-electron chi connectivity index (χ3n) is 6.61. The van der Waals surface area contributed by atoms with E-state index >= 15 is 0 Å². The highest BCUT2D eigenvalue weighted by Crippen LogP contribution is 2.55. The lowest BCUT2D eigenvalue weighted by atomic mass is 9.78. The van der Waals surface area contributed by atoms with Gasteiger partial charge in [-0.1, -0.05) is 79.9 Å². The van der Waals surface area contributed by atoms with Gasteiger partial charge in [-0.2, -0.15) is 0 Å². The highest BCUT2D eigenvalue weighted by Gasteiger charge is 2.36. The summed E-state index contributed by atoms with van der Waals surface area (Å²) >= 11 is 1.73. The molecule has 0 bridgehead atoms. The molecule has 3 aromatic carbocycles. The van der Waals surface area contributed by atoms with Crippen LogP contribution in [0.4, 0.5) is 5.69 Å². The second-order valence-corrected chi connectivity index (χ2v) is 12.0. The van der Waals surface area contributed by atoms with Gasteiger partial charge in [0.1, 0.15) is 0 Å². The zero-order valence-electron chi connectivity index (χ0n) is 23.6. The van der Waals surface area contributed by atoms with Crippen molar-refractivity contribution in [3.8, 4) is 22.3 Å². The molecule has 4 rings (SSSR count). The SMILES string of the molecule is CC(C)(C)O.CSN1c2c(C)c(CC(=O)O)c(-c3ccc(C)cc3)c(C)c2-c2ccccc2C1C(C)C. The minimum Gasteiger partial charge on any atom is -0.481 e.